The SMILES string of the molecule is COc1ccc(CN(C)C2CCCCC2O)c(OC)c1. The third-order valence-corrected chi connectivity index (χ3v) is 4.17. The van der Waals surface area contributed by atoms with Crippen molar-refractivity contribution in [3.8, 4) is 11.5 Å². The van der Waals surface area contributed by atoms with Gasteiger partial charge in [-0.2, -0.15) is 0 Å². The lowest BCUT2D eigenvalue weighted by atomic mass is 9.91. The summed E-state index contributed by atoms with van der Waals surface area (Å²) in [7, 11) is 5.40. The Kier molecular flexibility index (Phi) is 5.26. The van der Waals surface area contributed by atoms with E-state index in [-0.39, 0.29) is 12.1 Å². The van der Waals surface area contributed by atoms with E-state index < -0.39 is 0 Å². The van der Waals surface area contributed by atoms with Gasteiger partial charge in [0.15, 0.2) is 0 Å². The fourth-order valence-corrected chi connectivity index (χ4v) is 2.97. The van der Waals surface area contributed by atoms with Crippen molar-refractivity contribution in [2.75, 3.05) is 21.3 Å². The van der Waals surface area contributed by atoms with Gasteiger partial charge in [-0.3, -0.25) is 4.90 Å². The van der Waals surface area contributed by atoms with Gasteiger partial charge in [-0.25, -0.2) is 0 Å². The highest BCUT2D eigenvalue weighted by molar-refractivity contribution is 5.40. The van der Waals surface area contributed by atoms with Gasteiger partial charge < -0.3 is 14.6 Å². The summed E-state index contributed by atoms with van der Waals surface area (Å²) in [4.78, 5) is 2.23. The molecule has 0 aliphatic heterocycles. The maximum absolute atomic E-state index is 10.1. The molecule has 112 valence electrons. The number of aliphatic hydroxyl groups excluding tert-OH is 1. The Morgan fingerprint density at radius 2 is 1.95 bits per heavy atom. The van der Waals surface area contributed by atoms with Crippen molar-refractivity contribution in [3.05, 3.63) is 23.8 Å². The van der Waals surface area contributed by atoms with Crippen LogP contribution >= 0.6 is 0 Å². The molecule has 0 spiro atoms. The minimum Gasteiger partial charge on any atom is -0.497 e. The molecule has 2 atom stereocenters. The molecule has 0 radical (unpaired) electrons. The van der Waals surface area contributed by atoms with Crippen LogP contribution in [0.1, 0.15) is 31.2 Å². The number of hydrogen-bond donors (Lipinski definition) is 1. The number of likely N-dealkylation sites (N-methyl/N-ethyl adjacent to an activating group) is 1. The van der Waals surface area contributed by atoms with Crippen molar-refractivity contribution in [1.82, 2.24) is 4.90 Å². The number of aliphatic hydroxyl groups is 1. The number of ether oxygens (including phenoxy) is 2. The van der Waals surface area contributed by atoms with Crippen molar-refractivity contribution < 1.29 is 14.6 Å². The zero-order valence-electron chi connectivity index (χ0n) is 12.6. The molecule has 20 heavy (non-hydrogen) atoms. The van der Waals surface area contributed by atoms with E-state index in [1.807, 2.05) is 18.2 Å². The fourth-order valence-electron chi connectivity index (χ4n) is 2.97. The van der Waals surface area contributed by atoms with Crippen molar-refractivity contribution >= 4 is 0 Å². The molecule has 1 N–H and O–H groups in total. The summed E-state index contributed by atoms with van der Waals surface area (Å²) in [5.74, 6) is 1.63. The minimum absolute atomic E-state index is 0.210. The molecule has 2 unspecified atom stereocenters. The normalized spacial score (nSPS) is 22.9. The Morgan fingerprint density at radius 1 is 1.20 bits per heavy atom. The lowest BCUT2D eigenvalue weighted by molar-refractivity contribution is 0.0285. The van der Waals surface area contributed by atoms with E-state index in [1.54, 1.807) is 14.2 Å². The van der Waals surface area contributed by atoms with Crippen molar-refractivity contribution in [3.63, 3.8) is 0 Å². The van der Waals surface area contributed by atoms with Crippen LogP contribution in [-0.2, 0) is 6.54 Å². The molecular formula is C16H25NO3. The van der Waals surface area contributed by atoms with E-state index in [2.05, 4.69) is 11.9 Å². The second-order valence-corrected chi connectivity index (χ2v) is 5.51. The number of methoxy groups -OCH3 is 2. The van der Waals surface area contributed by atoms with Gasteiger partial charge in [0.25, 0.3) is 0 Å². The van der Waals surface area contributed by atoms with E-state index in [0.29, 0.717) is 0 Å². The van der Waals surface area contributed by atoms with Crippen LogP contribution in [0, 0.1) is 0 Å². The number of nitrogens with zero attached hydrogens (tertiary/aromatic N) is 1. The highest BCUT2D eigenvalue weighted by Gasteiger charge is 2.26. The van der Waals surface area contributed by atoms with E-state index in [1.165, 1.54) is 6.42 Å². The van der Waals surface area contributed by atoms with Crippen LogP contribution in [0.25, 0.3) is 0 Å². The number of hydrogen-bond acceptors (Lipinski definition) is 4. The first kappa shape index (κ1) is 15.1. The molecule has 1 saturated carbocycles. The monoisotopic (exact) mass is 279 g/mol. The molecule has 2 rings (SSSR count). The van der Waals surface area contributed by atoms with Gasteiger partial charge in [0, 0.05) is 24.2 Å². The van der Waals surface area contributed by atoms with Gasteiger partial charge in [0.2, 0.25) is 0 Å². The van der Waals surface area contributed by atoms with Gasteiger partial charge in [0.1, 0.15) is 11.5 Å². The molecule has 1 aliphatic carbocycles. The van der Waals surface area contributed by atoms with Crippen LogP contribution < -0.4 is 9.47 Å². The predicted octanol–water partition coefficient (Wildman–Crippen LogP) is 2.44. The molecule has 1 fully saturated rings. The maximum Gasteiger partial charge on any atom is 0.127 e. The lowest BCUT2D eigenvalue weighted by Crippen LogP contribution is -2.42. The van der Waals surface area contributed by atoms with Gasteiger partial charge in [-0.15, -0.1) is 0 Å². The Balaban J connectivity index is 2.08. The predicted molar refractivity (Wildman–Crippen MR) is 79.3 cm³/mol. The van der Waals surface area contributed by atoms with Gasteiger partial charge in [-0.05, 0) is 26.0 Å². The van der Waals surface area contributed by atoms with Crippen LogP contribution in [0.5, 0.6) is 11.5 Å². The van der Waals surface area contributed by atoms with Crippen LogP contribution in [0.3, 0.4) is 0 Å². The van der Waals surface area contributed by atoms with Gasteiger partial charge in [-0.1, -0.05) is 18.9 Å². The second-order valence-electron chi connectivity index (χ2n) is 5.51. The van der Waals surface area contributed by atoms with Crippen molar-refractivity contribution in [2.24, 2.45) is 0 Å². The molecule has 1 aliphatic rings. The Morgan fingerprint density at radius 3 is 2.60 bits per heavy atom. The standard InChI is InChI=1S/C16H25NO3/c1-17(14-6-4-5-7-15(14)18)11-12-8-9-13(19-2)10-16(12)20-3/h8-10,14-15,18H,4-7,11H2,1-3H3. The lowest BCUT2D eigenvalue weighted by Gasteiger charge is -2.35. The largest absolute Gasteiger partial charge is 0.497 e. The van der Waals surface area contributed by atoms with Crippen molar-refractivity contribution in [2.45, 2.75) is 44.4 Å². The summed E-state index contributed by atoms with van der Waals surface area (Å²) in [5, 5.41) is 10.1. The third-order valence-electron chi connectivity index (χ3n) is 4.17. The van der Waals surface area contributed by atoms with E-state index in [4.69, 9.17) is 9.47 Å². The highest BCUT2D eigenvalue weighted by Crippen LogP contribution is 2.28. The molecular weight excluding hydrogens is 254 g/mol. The zero-order chi connectivity index (χ0) is 14.5. The molecule has 0 bridgehead atoms. The average Bonchev–Trinajstić information content (AvgIpc) is 2.48. The molecule has 4 nitrogen and oxygen atoms in total. The number of rotatable bonds is 5. The number of benzene rings is 1. The summed E-state index contributed by atoms with van der Waals surface area (Å²) in [6.45, 7) is 0.773. The Labute approximate surface area is 121 Å². The fraction of sp³-hybridized carbons (Fsp3) is 0.625. The summed E-state index contributed by atoms with van der Waals surface area (Å²) in [6.07, 6.45) is 4.10. The van der Waals surface area contributed by atoms with E-state index in [9.17, 15) is 5.11 Å². The van der Waals surface area contributed by atoms with E-state index in [0.717, 1.165) is 42.9 Å². The second kappa shape index (κ2) is 6.95. The summed E-state index contributed by atoms with van der Waals surface area (Å²) in [6, 6.07) is 6.13. The highest BCUT2D eigenvalue weighted by atomic mass is 16.5. The summed E-state index contributed by atoms with van der Waals surface area (Å²) >= 11 is 0. The Hall–Kier alpha value is -1.26. The maximum atomic E-state index is 10.1. The Bertz CT molecular complexity index is 436. The molecule has 1 aromatic rings. The van der Waals surface area contributed by atoms with Crippen LogP contribution in [0.15, 0.2) is 18.2 Å². The molecule has 4 heteroatoms. The zero-order valence-corrected chi connectivity index (χ0v) is 12.6. The molecule has 0 saturated heterocycles. The van der Waals surface area contributed by atoms with E-state index >= 15 is 0 Å². The topological polar surface area (TPSA) is 41.9 Å². The minimum atomic E-state index is -0.210. The van der Waals surface area contributed by atoms with Gasteiger partial charge in [0.05, 0.1) is 20.3 Å². The van der Waals surface area contributed by atoms with Crippen LogP contribution in [0.4, 0.5) is 0 Å². The quantitative estimate of drug-likeness (QED) is 0.899. The van der Waals surface area contributed by atoms with Gasteiger partial charge >= 0.3 is 0 Å². The first-order chi connectivity index (χ1) is 9.65. The van der Waals surface area contributed by atoms with Crippen LogP contribution in [0.2, 0.25) is 0 Å². The summed E-state index contributed by atoms with van der Waals surface area (Å²) < 4.78 is 10.7. The van der Waals surface area contributed by atoms with Crippen molar-refractivity contribution in [1.29, 1.82) is 0 Å². The average molecular weight is 279 g/mol. The third kappa shape index (κ3) is 3.44. The first-order valence-electron chi connectivity index (χ1n) is 7.25. The van der Waals surface area contributed by atoms with Crippen LogP contribution in [-0.4, -0.2) is 43.4 Å². The molecule has 1 aromatic carbocycles. The summed E-state index contributed by atoms with van der Waals surface area (Å²) in [5.41, 5.74) is 1.12. The molecule has 0 aromatic heterocycles. The molecule has 0 heterocycles. The first-order valence-corrected chi connectivity index (χ1v) is 7.25. The molecule has 0 amide bonds. The smallest absolute Gasteiger partial charge is 0.127 e.